The number of anilines is 1. The number of nitrogens with zero attached hydrogens (tertiary/aromatic N) is 3. The van der Waals surface area contributed by atoms with Gasteiger partial charge in [0.15, 0.2) is 23.2 Å². The van der Waals surface area contributed by atoms with Crippen molar-refractivity contribution < 1.29 is 22.6 Å². The normalized spacial score (nSPS) is 17.1. The van der Waals surface area contributed by atoms with Crippen molar-refractivity contribution in [3.8, 4) is 17.4 Å². The first kappa shape index (κ1) is 20.4. The van der Waals surface area contributed by atoms with Crippen molar-refractivity contribution in [2.45, 2.75) is 38.5 Å². The largest absolute Gasteiger partial charge is 0.473 e. The molecule has 3 heterocycles. The molecule has 0 amide bonds. The fourth-order valence-corrected chi connectivity index (χ4v) is 4.20. The third kappa shape index (κ3) is 3.90. The van der Waals surface area contributed by atoms with E-state index in [2.05, 4.69) is 9.88 Å². The summed E-state index contributed by atoms with van der Waals surface area (Å²) in [7, 11) is 0. The van der Waals surface area contributed by atoms with E-state index in [1.54, 1.807) is 16.7 Å². The number of hydrogen-bond acceptors (Lipinski definition) is 5. The second-order valence-corrected chi connectivity index (χ2v) is 7.92. The lowest BCUT2D eigenvalue weighted by molar-refractivity contribution is 0.290. The maximum Gasteiger partial charge on any atom is 0.352 e. The van der Waals surface area contributed by atoms with Gasteiger partial charge in [-0.05, 0) is 49.1 Å². The highest BCUT2D eigenvalue weighted by Crippen LogP contribution is 2.32. The van der Waals surface area contributed by atoms with Crippen molar-refractivity contribution >= 4 is 5.82 Å². The molecule has 0 saturated carbocycles. The van der Waals surface area contributed by atoms with E-state index < -0.39 is 17.5 Å². The fourth-order valence-electron chi connectivity index (χ4n) is 4.20. The number of piperidine rings is 1. The van der Waals surface area contributed by atoms with Gasteiger partial charge in [0, 0.05) is 31.3 Å². The Morgan fingerprint density at radius 1 is 1.00 bits per heavy atom. The summed E-state index contributed by atoms with van der Waals surface area (Å²) in [6.45, 7) is 1.55. The Morgan fingerprint density at radius 3 is 2.69 bits per heavy atom. The molecular formula is C23H20F3N3O3. The average Bonchev–Trinajstić information content (AvgIpc) is 3.16. The highest BCUT2D eigenvalue weighted by atomic mass is 19.2. The summed E-state index contributed by atoms with van der Waals surface area (Å²) in [5.74, 6) is -1.94. The lowest BCUT2D eigenvalue weighted by Crippen LogP contribution is -2.36. The van der Waals surface area contributed by atoms with Gasteiger partial charge in [0.25, 0.3) is 0 Å². The van der Waals surface area contributed by atoms with Crippen LogP contribution in [0.15, 0.2) is 47.3 Å². The van der Waals surface area contributed by atoms with Crippen LogP contribution in [0.3, 0.4) is 0 Å². The second-order valence-electron chi connectivity index (χ2n) is 7.92. The van der Waals surface area contributed by atoms with Crippen LogP contribution in [-0.4, -0.2) is 22.1 Å². The molecule has 2 aliphatic rings. The molecule has 1 aromatic heterocycles. The standard InChI is InChI=1S/C23H20F3N3O3/c24-17-6-5-16(10-18(17)25)32-20-7-4-14(9-19(20)26)13-31-21-11-22-28-8-2-1-3-15(28)12-29(22)23(30)27-21/h4-7,9-11,15H,1-3,8,12-13H2. The third-order valence-electron chi connectivity index (χ3n) is 5.78. The lowest BCUT2D eigenvalue weighted by Gasteiger charge is -2.30. The van der Waals surface area contributed by atoms with Crippen LogP contribution in [0, 0.1) is 17.5 Å². The van der Waals surface area contributed by atoms with E-state index in [1.807, 2.05) is 0 Å². The van der Waals surface area contributed by atoms with Crippen LogP contribution in [0.25, 0.3) is 0 Å². The van der Waals surface area contributed by atoms with Gasteiger partial charge in [0.1, 0.15) is 18.2 Å². The first-order valence-corrected chi connectivity index (χ1v) is 10.4. The Kier molecular flexibility index (Phi) is 5.24. The molecule has 0 radical (unpaired) electrons. The number of fused-ring (bicyclic) bond motifs is 3. The summed E-state index contributed by atoms with van der Waals surface area (Å²) in [5.41, 5.74) is 0.145. The van der Waals surface area contributed by atoms with E-state index in [0.717, 1.165) is 43.8 Å². The zero-order valence-electron chi connectivity index (χ0n) is 17.1. The fraction of sp³-hybridized carbons (Fsp3) is 0.304. The van der Waals surface area contributed by atoms with E-state index in [4.69, 9.17) is 9.47 Å². The predicted molar refractivity (Wildman–Crippen MR) is 111 cm³/mol. The van der Waals surface area contributed by atoms with Crippen LogP contribution in [0.1, 0.15) is 24.8 Å². The molecule has 0 bridgehead atoms. The SMILES string of the molecule is O=c1nc(OCc2ccc(Oc3ccc(F)c(F)c3)c(F)c2)cc2n1CC1CCCCN21. The van der Waals surface area contributed by atoms with Crippen molar-refractivity contribution in [3.63, 3.8) is 0 Å². The van der Waals surface area contributed by atoms with Crippen LogP contribution in [0.4, 0.5) is 19.0 Å². The molecule has 1 atom stereocenters. The first-order valence-electron chi connectivity index (χ1n) is 10.4. The highest BCUT2D eigenvalue weighted by Gasteiger charge is 2.32. The molecule has 1 fully saturated rings. The quantitative estimate of drug-likeness (QED) is 0.585. The predicted octanol–water partition coefficient (Wildman–Crippen LogP) is 4.40. The van der Waals surface area contributed by atoms with Crippen LogP contribution < -0.4 is 20.1 Å². The number of hydrogen-bond donors (Lipinski definition) is 0. The lowest BCUT2D eigenvalue weighted by atomic mass is 10.0. The summed E-state index contributed by atoms with van der Waals surface area (Å²) in [6.07, 6.45) is 3.29. The molecule has 32 heavy (non-hydrogen) atoms. The molecule has 1 unspecified atom stereocenters. The molecule has 6 nitrogen and oxygen atoms in total. The van der Waals surface area contributed by atoms with E-state index in [-0.39, 0.29) is 29.7 Å². The van der Waals surface area contributed by atoms with Gasteiger partial charge in [-0.1, -0.05) is 6.07 Å². The minimum absolute atomic E-state index is 0.00168. The molecule has 166 valence electrons. The van der Waals surface area contributed by atoms with Gasteiger partial charge in [0.05, 0.1) is 0 Å². The van der Waals surface area contributed by atoms with E-state index in [9.17, 15) is 18.0 Å². The van der Waals surface area contributed by atoms with Crippen LogP contribution in [0.2, 0.25) is 0 Å². The van der Waals surface area contributed by atoms with Crippen LogP contribution >= 0.6 is 0 Å². The minimum Gasteiger partial charge on any atom is -0.473 e. The van der Waals surface area contributed by atoms with Gasteiger partial charge in [-0.25, -0.2) is 18.0 Å². The Morgan fingerprint density at radius 2 is 1.88 bits per heavy atom. The summed E-state index contributed by atoms with van der Waals surface area (Å²) in [6, 6.07) is 9.21. The van der Waals surface area contributed by atoms with Crippen molar-refractivity contribution in [1.82, 2.24) is 9.55 Å². The van der Waals surface area contributed by atoms with Crippen LogP contribution in [0.5, 0.6) is 17.4 Å². The van der Waals surface area contributed by atoms with Gasteiger partial charge >= 0.3 is 5.69 Å². The van der Waals surface area contributed by atoms with E-state index in [0.29, 0.717) is 18.2 Å². The van der Waals surface area contributed by atoms with Crippen molar-refractivity contribution in [3.05, 3.63) is 76.0 Å². The molecule has 9 heteroatoms. The molecular weight excluding hydrogens is 423 g/mol. The molecule has 2 aliphatic heterocycles. The Balaban J connectivity index is 1.28. The Hall–Kier alpha value is -3.49. The minimum atomic E-state index is -1.08. The topological polar surface area (TPSA) is 56.6 Å². The summed E-state index contributed by atoms with van der Waals surface area (Å²) in [5, 5.41) is 0. The highest BCUT2D eigenvalue weighted by molar-refractivity contribution is 5.47. The molecule has 0 N–H and O–H groups in total. The van der Waals surface area contributed by atoms with Gasteiger partial charge in [0.2, 0.25) is 5.88 Å². The molecule has 0 spiro atoms. The number of rotatable bonds is 5. The molecule has 3 aromatic rings. The molecule has 0 aliphatic carbocycles. The van der Waals surface area contributed by atoms with Crippen molar-refractivity contribution in [2.75, 3.05) is 11.4 Å². The van der Waals surface area contributed by atoms with Gasteiger partial charge < -0.3 is 14.4 Å². The maximum absolute atomic E-state index is 14.4. The Bertz CT molecular complexity index is 1230. The van der Waals surface area contributed by atoms with Gasteiger partial charge in [-0.2, -0.15) is 4.98 Å². The molecule has 1 saturated heterocycles. The van der Waals surface area contributed by atoms with Crippen LogP contribution in [-0.2, 0) is 13.2 Å². The summed E-state index contributed by atoms with van der Waals surface area (Å²) < 4.78 is 53.4. The maximum atomic E-state index is 14.4. The first-order chi connectivity index (χ1) is 15.5. The van der Waals surface area contributed by atoms with Crippen molar-refractivity contribution in [1.29, 1.82) is 0 Å². The van der Waals surface area contributed by atoms with Gasteiger partial charge in [-0.15, -0.1) is 0 Å². The average molecular weight is 443 g/mol. The smallest absolute Gasteiger partial charge is 0.352 e. The van der Waals surface area contributed by atoms with Crippen molar-refractivity contribution in [2.24, 2.45) is 0 Å². The number of aromatic nitrogens is 2. The zero-order valence-corrected chi connectivity index (χ0v) is 17.1. The molecule has 5 rings (SSSR count). The number of ether oxygens (including phenoxy) is 2. The second kappa shape index (κ2) is 8.22. The summed E-state index contributed by atoms with van der Waals surface area (Å²) in [4.78, 5) is 18.7. The monoisotopic (exact) mass is 443 g/mol. The van der Waals surface area contributed by atoms with E-state index in [1.165, 1.54) is 18.2 Å². The summed E-state index contributed by atoms with van der Waals surface area (Å²) >= 11 is 0. The molecule has 2 aromatic carbocycles. The third-order valence-corrected chi connectivity index (χ3v) is 5.78. The number of benzene rings is 2. The van der Waals surface area contributed by atoms with E-state index >= 15 is 0 Å². The number of halogens is 3. The van der Waals surface area contributed by atoms with Gasteiger partial charge in [-0.3, -0.25) is 4.57 Å². The zero-order chi connectivity index (χ0) is 22.2. The Labute approximate surface area is 181 Å².